The van der Waals surface area contributed by atoms with Crippen LogP contribution < -0.4 is 10.2 Å². The van der Waals surface area contributed by atoms with Gasteiger partial charge in [-0.05, 0) is 49.8 Å². The molecule has 0 aliphatic carbocycles. The van der Waals surface area contributed by atoms with E-state index in [2.05, 4.69) is 44.0 Å². The molecule has 1 N–H and O–H groups in total. The highest BCUT2D eigenvalue weighted by Gasteiger charge is 2.26. The number of benzene rings is 1. The second-order valence-electron chi connectivity index (χ2n) is 6.96. The summed E-state index contributed by atoms with van der Waals surface area (Å²) in [4.78, 5) is 2.26. The molecule has 2 rings (SSSR count). The smallest absolute Gasteiger partial charge is 0.146 e. The van der Waals surface area contributed by atoms with Crippen molar-refractivity contribution in [2.24, 2.45) is 5.41 Å². The van der Waals surface area contributed by atoms with E-state index in [9.17, 15) is 4.39 Å². The lowest BCUT2D eigenvalue weighted by Crippen LogP contribution is -2.29. The lowest BCUT2D eigenvalue weighted by Gasteiger charge is -2.29. The van der Waals surface area contributed by atoms with Crippen LogP contribution in [0.1, 0.15) is 58.6 Å². The predicted molar refractivity (Wildman–Crippen MR) is 88.3 cm³/mol. The Morgan fingerprint density at radius 2 is 2.05 bits per heavy atom. The third kappa shape index (κ3) is 3.97. The number of rotatable bonds is 4. The van der Waals surface area contributed by atoms with Gasteiger partial charge in [-0.3, -0.25) is 0 Å². The summed E-state index contributed by atoms with van der Waals surface area (Å²) < 4.78 is 14.5. The zero-order valence-electron chi connectivity index (χ0n) is 13.9. The molecule has 1 heterocycles. The van der Waals surface area contributed by atoms with Crippen molar-refractivity contribution in [3.63, 3.8) is 0 Å². The molecule has 3 heteroatoms. The predicted octanol–water partition coefficient (Wildman–Crippen LogP) is 4.51. The van der Waals surface area contributed by atoms with Crippen LogP contribution in [0.2, 0.25) is 0 Å². The van der Waals surface area contributed by atoms with Crippen LogP contribution in [0.15, 0.2) is 18.2 Å². The standard InChI is InChI=1S/C18H29FN2/c1-5-20-14(2)15-8-6-9-16(19)17(15)21-12-7-10-18(3,4)11-13-21/h6,8-9,14,20H,5,7,10-13H2,1-4H3. The zero-order chi connectivity index (χ0) is 15.5. The lowest BCUT2D eigenvalue weighted by atomic mass is 9.85. The largest absolute Gasteiger partial charge is 0.369 e. The van der Waals surface area contributed by atoms with E-state index < -0.39 is 0 Å². The fourth-order valence-corrected chi connectivity index (χ4v) is 3.28. The topological polar surface area (TPSA) is 15.3 Å². The van der Waals surface area contributed by atoms with Crippen molar-refractivity contribution < 1.29 is 4.39 Å². The summed E-state index contributed by atoms with van der Waals surface area (Å²) in [6, 6.07) is 5.65. The van der Waals surface area contributed by atoms with Crippen LogP contribution in [0, 0.1) is 11.2 Å². The number of anilines is 1. The number of hydrogen-bond acceptors (Lipinski definition) is 2. The molecule has 1 aromatic carbocycles. The van der Waals surface area contributed by atoms with Crippen LogP contribution in [0.25, 0.3) is 0 Å². The summed E-state index contributed by atoms with van der Waals surface area (Å²) in [5.74, 6) is -0.0861. The Morgan fingerprint density at radius 3 is 2.76 bits per heavy atom. The van der Waals surface area contributed by atoms with Crippen LogP contribution in [0.3, 0.4) is 0 Å². The van der Waals surface area contributed by atoms with E-state index in [1.165, 1.54) is 6.42 Å². The first-order chi connectivity index (χ1) is 9.94. The van der Waals surface area contributed by atoms with Gasteiger partial charge in [0.05, 0.1) is 5.69 Å². The van der Waals surface area contributed by atoms with Crippen LogP contribution in [-0.4, -0.2) is 19.6 Å². The van der Waals surface area contributed by atoms with Crippen LogP contribution >= 0.6 is 0 Å². The minimum Gasteiger partial charge on any atom is -0.369 e. The van der Waals surface area contributed by atoms with Gasteiger partial charge in [-0.1, -0.05) is 32.9 Å². The molecule has 0 aromatic heterocycles. The van der Waals surface area contributed by atoms with E-state index in [1.807, 2.05) is 6.07 Å². The van der Waals surface area contributed by atoms with Gasteiger partial charge in [0, 0.05) is 19.1 Å². The molecule has 1 saturated heterocycles. The highest BCUT2D eigenvalue weighted by atomic mass is 19.1. The molecule has 2 nitrogen and oxygen atoms in total. The summed E-state index contributed by atoms with van der Waals surface area (Å²) in [5, 5.41) is 3.41. The molecule has 0 bridgehead atoms. The molecule has 1 unspecified atom stereocenters. The van der Waals surface area contributed by atoms with Crippen molar-refractivity contribution in [3.05, 3.63) is 29.6 Å². The van der Waals surface area contributed by atoms with E-state index in [-0.39, 0.29) is 11.9 Å². The van der Waals surface area contributed by atoms with Crippen molar-refractivity contribution >= 4 is 5.69 Å². The van der Waals surface area contributed by atoms with Gasteiger partial charge in [-0.15, -0.1) is 0 Å². The molecule has 1 aromatic rings. The van der Waals surface area contributed by atoms with Gasteiger partial charge in [0.25, 0.3) is 0 Å². The van der Waals surface area contributed by atoms with Gasteiger partial charge < -0.3 is 10.2 Å². The monoisotopic (exact) mass is 292 g/mol. The second kappa shape index (κ2) is 6.78. The van der Waals surface area contributed by atoms with E-state index in [0.717, 1.165) is 43.7 Å². The molecule has 0 spiro atoms. The average Bonchev–Trinajstić information content (AvgIpc) is 2.60. The highest BCUT2D eigenvalue weighted by molar-refractivity contribution is 5.56. The Hall–Kier alpha value is -1.09. The molecule has 1 fully saturated rings. The summed E-state index contributed by atoms with van der Waals surface area (Å²) >= 11 is 0. The van der Waals surface area contributed by atoms with E-state index in [0.29, 0.717) is 5.41 Å². The second-order valence-corrected chi connectivity index (χ2v) is 6.96. The van der Waals surface area contributed by atoms with Crippen molar-refractivity contribution in [2.45, 2.75) is 53.0 Å². The van der Waals surface area contributed by atoms with Crippen molar-refractivity contribution in [2.75, 3.05) is 24.5 Å². The molecule has 0 saturated carbocycles. The zero-order valence-corrected chi connectivity index (χ0v) is 13.9. The van der Waals surface area contributed by atoms with Gasteiger partial charge in [0.2, 0.25) is 0 Å². The van der Waals surface area contributed by atoms with Gasteiger partial charge in [-0.2, -0.15) is 0 Å². The minimum atomic E-state index is -0.0861. The summed E-state index contributed by atoms with van der Waals surface area (Å²) in [6.07, 6.45) is 3.47. The number of nitrogens with zero attached hydrogens (tertiary/aromatic N) is 1. The Morgan fingerprint density at radius 1 is 1.29 bits per heavy atom. The Balaban J connectivity index is 2.29. The quantitative estimate of drug-likeness (QED) is 0.878. The number of halogens is 1. The van der Waals surface area contributed by atoms with Gasteiger partial charge >= 0.3 is 0 Å². The van der Waals surface area contributed by atoms with Crippen molar-refractivity contribution in [1.29, 1.82) is 0 Å². The van der Waals surface area contributed by atoms with Gasteiger partial charge in [0.1, 0.15) is 5.82 Å². The SMILES string of the molecule is CCNC(C)c1cccc(F)c1N1CCCC(C)(C)CC1. The number of para-hydroxylation sites is 1. The van der Waals surface area contributed by atoms with E-state index in [4.69, 9.17) is 0 Å². The van der Waals surface area contributed by atoms with Crippen molar-refractivity contribution in [1.82, 2.24) is 5.32 Å². The molecular weight excluding hydrogens is 263 g/mol. The minimum absolute atomic E-state index is 0.0861. The Labute approximate surface area is 128 Å². The summed E-state index contributed by atoms with van der Waals surface area (Å²) in [7, 11) is 0. The molecule has 21 heavy (non-hydrogen) atoms. The highest BCUT2D eigenvalue weighted by Crippen LogP contribution is 2.35. The first-order valence-corrected chi connectivity index (χ1v) is 8.21. The third-order valence-corrected chi connectivity index (χ3v) is 4.65. The molecule has 0 radical (unpaired) electrons. The van der Waals surface area contributed by atoms with E-state index in [1.54, 1.807) is 6.07 Å². The first kappa shape index (κ1) is 16.3. The molecule has 1 atom stereocenters. The van der Waals surface area contributed by atoms with Crippen LogP contribution in [-0.2, 0) is 0 Å². The summed E-state index contributed by atoms with van der Waals surface area (Å²) in [5.41, 5.74) is 2.26. The first-order valence-electron chi connectivity index (χ1n) is 8.21. The molecule has 118 valence electrons. The third-order valence-electron chi connectivity index (χ3n) is 4.65. The van der Waals surface area contributed by atoms with Crippen LogP contribution in [0.4, 0.5) is 10.1 Å². The normalized spacial score (nSPS) is 20.1. The van der Waals surface area contributed by atoms with Crippen molar-refractivity contribution in [3.8, 4) is 0 Å². The number of hydrogen-bond donors (Lipinski definition) is 1. The summed E-state index contributed by atoms with van der Waals surface area (Å²) in [6.45, 7) is 11.6. The molecule has 1 aliphatic rings. The van der Waals surface area contributed by atoms with E-state index >= 15 is 0 Å². The lowest BCUT2D eigenvalue weighted by molar-refractivity contribution is 0.325. The molecule has 1 aliphatic heterocycles. The van der Waals surface area contributed by atoms with Gasteiger partial charge in [0.15, 0.2) is 0 Å². The van der Waals surface area contributed by atoms with Crippen LogP contribution in [0.5, 0.6) is 0 Å². The average molecular weight is 292 g/mol. The van der Waals surface area contributed by atoms with Gasteiger partial charge in [-0.25, -0.2) is 4.39 Å². The maximum absolute atomic E-state index is 14.5. The maximum Gasteiger partial charge on any atom is 0.146 e. The fourth-order valence-electron chi connectivity index (χ4n) is 3.28. The molecular formula is C18H29FN2. The fraction of sp³-hybridized carbons (Fsp3) is 0.667. The number of nitrogens with one attached hydrogen (secondary N) is 1. The maximum atomic E-state index is 14.5. The Bertz CT molecular complexity index is 470. The Kier molecular flexibility index (Phi) is 5.26. The molecule has 0 amide bonds.